The summed E-state index contributed by atoms with van der Waals surface area (Å²) in [4.78, 5) is 37.3. The lowest BCUT2D eigenvalue weighted by atomic mass is 9.90. The van der Waals surface area contributed by atoms with E-state index in [0.29, 0.717) is 56.6 Å². The Morgan fingerprint density at radius 1 is 0.968 bits per heavy atom. The summed E-state index contributed by atoms with van der Waals surface area (Å²) in [6, 6.07) is 7.30. The average Bonchev–Trinajstić information content (AvgIpc) is 2.84. The molecule has 0 atom stereocenters. The van der Waals surface area contributed by atoms with Crippen molar-refractivity contribution >= 4 is 11.8 Å². The zero-order chi connectivity index (χ0) is 21.5. The molecule has 164 valence electrons. The summed E-state index contributed by atoms with van der Waals surface area (Å²) in [5.41, 5.74) is 1.46. The first-order chi connectivity index (χ1) is 15.2. The summed E-state index contributed by atoms with van der Waals surface area (Å²) in [5.74, 6) is 1.22. The van der Waals surface area contributed by atoms with Crippen molar-refractivity contribution in [2.45, 2.75) is 38.5 Å². The summed E-state index contributed by atoms with van der Waals surface area (Å²) in [5, 5.41) is 0. The molecule has 1 aliphatic heterocycles. The van der Waals surface area contributed by atoms with Crippen LogP contribution in [0, 0.1) is 5.92 Å². The molecule has 0 unspecified atom stereocenters. The number of rotatable bonds is 6. The molecule has 0 radical (unpaired) electrons. The zero-order valence-electron chi connectivity index (χ0n) is 17.9. The third kappa shape index (κ3) is 5.81. The number of nitrogens with zero attached hydrogens (tertiary/aromatic N) is 4. The highest BCUT2D eigenvalue weighted by molar-refractivity contribution is 5.94. The van der Waals surface area contributed by atoms with E-state index in [0.717, 1.165) is 5.56 Å². The number of carbonyl (C=O) groups excluding carboxylic acids is 2. The minimum atomic E-state index is -0.0503. The van der Waals surface area contributed by atoms with Gasteiger partial charge in [0.1, 0.15) is 0 Å². The van der Waals surface area contributed by atoms with E-state index in [-0.39, 0.29) is 11.8 Å². The summed E-state index contributed by atoms with van der Waals surface area (Å²) >= 11 is 0. The molecule has 1 aliphatic carbocycles. The van der Waals surface area contributed by atoms with Gasteiger partial charge in [0.25, 0.3) is 5.91 Å². The molecular formula is C24H30N4O3. The number of ether oxygens (including phenoxy) is 1. The average molecular weight is 423 g/mol. The van der Waals surface area contributed by atoms with E-state index in [1.165, 1.54) is 32.1 Å². The predicted molar refractivity (Wildman–Crippen MR) is 117 cm³/mol. The Balaban J connectivity index is 1.24. The molecule has 2 aromatic rings. The first kappa shape index (κ1) is 21.3. The molecule has 0 spiro atoms. The van der Waals surface area contributed by atoms with Crippen LogP contribution in [0.15, 0.2) is 42.9 Å². The molecule has 0 bridgehead atoms. The van der Waals surface area contributed by atoms with Crippen molar-refractivity contribution in [1.82, 2.24) is 19.8 Å². The maximum atomic E-state index is 12.8. The van der Waals surface area contributed by atoms with Crippen molar-refractivity contribution in [3.05, 3.63) is 54.0 Å². The third-order valence-electron chi connectivity index (χ3n) is 6.17. The smallest absolute Gasteiger partial charge is 0.255 e. The monoisotopic (exact) mass is 422 g/mol. The Labute approximate surface area is 183 Å². The maximum absolute atomic E-state index is 12.8. The molecule has 31 heavy (non-hydrogen) atoms. The molecule has 0 aromatic carbocycles. The molecule has 1 saturated heterocycles. The van der Waals surface area contributed by atoms with Gasteiger partial charge >= 0.3 is 0 Å². The van der Waals surface area contributed by atoms with Crippen LogP contribution in [-0.4, -0.2) is 64.4 Å². The van der Waals surface area contributed by atoms with Gasteiger partial charge in [-0.25, -0.2) is 4.98 Å². The Kier molecular flexibility index (Phi) is 7.12. The summed E-state index contributed by atoms with van der Waals surface area (Å²) in [7, 11) is 0. The van der Waals surface area contributed by atoms with E-state index in [1.807, 2.05) is 17.0 Å². The molecule has 2 fully saturated rings. The molecule has 0 N–H and O–H groups in total. The summed E-state index contributed by atoms with van der Waals surface area (Å²) < 4.78 is 5.83. The standard InChI is InChI=1S/C24H30N4O3/c29-23(15-20-7-4-10-25-16-20)27-11-13-28(14-12-27)24(30)21-8-9-22(26-17-21)31-18-19-5-2-1-3-6-19/h4,7-10,16-17,19H,1-3,5-6,11-15,18H2. The van der Waals surface area contributed by atoms with E-state index in [2.05, 4.69) is 9.97 Å². The van der Waals surface area contributed by atoms with Gasteiger partial charge in [0.2, 0.25) is 11.8 Å². The quantitative estimate of drug-likeness (QED) is 0.715. The molecule has 2 amide bonds. The van der Waals surface area contributed by atoms with Crippen molar-refractivity contribution in [3.63, 3.8) is 0 Å². The van der Waals surface area contributed by atoms with Gasteiger partial charge in [-0.15, -0.1) is 0 Å². The van der Waals surface area contributed by atoms with Gasteiger partial charge in [-0.2, -0.15) is 0 Å². The van der Waals surface area contributed by atoms with Crippen molar-refractivity contribution in [2.24, 2.45) is 5.92 Å². The highest BCUT2D eigenvalue weighted by atomic mass is 16.5. The van der Waals surface area contributed by atoms with E-state index in [1.54, 1.807) is 35.6 Å². The van der Waals surface area contributed by atoms with Crippen LogP contribution in [0.2, 0.25) is 0 Å². The van der Waals surface area contributed by atoms with Gasteiger partial charge in [0.15, 0.2) is 0 Å². The number of aromatic nitrogens is 2. The lowest BCUT2D eigenvalue weighted by molar-refractivity contribution is -0.131. The van der Waals surface area contributed by atoms with Gasteiger partial charge in [-0.05, 0) is 36.5 Å². The lowest BCUT2D eigenvalue weighted by Gasteiger charge is -2.34. The highest BCUT2D eigenvalue weighted by Crippen LogP contribution is 2.24. The Morgan fingerprint density at radius 3 is 2.42 bits per heavy atom. The number of pyridine rings is 2. The van der Waals surface area contributed by atoms with Crippen LogP contribution in [0.4, 0.5) is 0 Å². The van der Waals surface area contributed by atoms with Crippen molar-refractivity contribution in [1.29, 1.82) is 0 Å². The fourth-order valence-corrected chi connectivity index (χ4v) is 4.28. The first-order valence-corrected chi connectivity index (χ1v) is 11.2. The molecule has 7 nitrogen and oxygen atoms in total. The second kappa shape index (κ2) is 10.4. The van der Waals surface area contributed by atoms with Gasteiger partial charge in [0.05, 0.1) is 18.6 Å². The van der Waals surface area contributed by atoms with Gasteiger partial charge in [-0.3, -0.25) is 14.6 Å². The minimum Gasteiger partial charge on any atom is -0.477 e. The van der Waals surface area contributed by atoms with Crippen LogP contribution in [0.25, 0.3) is 0 Å². The molecule has 3 heterocycles. The second-order valence-corrected chi connectivity index (χ2v) is 8.41. The van der Waals surface area contributed by atoms with Gasteiger partial charge in [-0.1, -0.05) is 25.3 Å². The van der Waals surface area contributed by atoms with Crippen LogP contribution in [0.5, 0.6) is 5.88 Å². The Bertz CT molecular complexity index is 858. The van der Waals surface area contributed by atoms with E-state index in [4.69, 9.17) is 4.74 Å². The van der Waals surface area contributed by atoms with Gasteiger partial charge < -0.3 is 14.5 Å². The maximum Gasteiger partial charge on any atom is 0.255 e. The molecule has 4 rings (SSSR count). The minimum absolute atomic E-state index is 0.0503. The van der Waals surface area contributed by atoms with Crippen LogP contribution in [0.1, 0.15) is 48.0 Å². The second-order valence-electron chi connectivity index (χ2n) is 8.41. The van der Waals surface area contributed by atoms with E-state index in [9.17, 15) is 9.59 Å². The van der Waals surface area contributed by atoms with Crippen LogP contribution in [-0.2, 0) is 11.2 Å². The normalized spacial score (nSPS) is 17.4. The van der Waals surface area contributed by atoms with Crippen molar-refractivity contribution in [2.75, 3.05) is 32.8 Å². The Morgan fingerprint density at radius 2 is 1.74 bits per heavy atom. The predicted octanol–water partition coefficient (Wildman–Crippen LogP) is 2.96. The van der Waals surface area contributed by atoms with E-state index >= 15 is 0 Å². The van der Waals surface area contributed by atoms with Crippen molar-refractivity contribution < 1.29 is 14.3 Å². The molecule has 1 saturated carbocycles. The molecular weight excluding hydrogens is 392 g/mol. The topological polar surface area (TPSA) is 75.6 Å². The largest absolute Gasteiger partial charge is 0.477 e. The third-order valence-corrected chi connectivity index (χ3v) is 6.17. The van der Waals surface area contributed by atoms with Gasteiger partial charge in [0, 0.05) is 50.8 Å². The number of piperazine rings is 1. The van der Waals surface area contributed by atoms with E-state index < -0.39 is 0 Å². The molecule has 2 aliphatic rings. The van der Waals surface area contributed by atoms with Crippen LogP contribution < -0.4 is 4.74 Å². The summed E-state index contributed by atoms with van der Waals surface area (Å²) in [6.45, 7) is 2.84. The number of amides is 2. The SMILES string of the molecule is O=C(Cc1cccnc1)N1CCN(C(=O)c2ccc(OCC3CCCCC3)nc2)CC1. The fourth-order valence-electron chi connectivity index (χ4n) is 4.28. The molecule has 7 heteroatoms. The van der Waals surface area contributed by atoms with Crippen molar-refractivity contribution in [3.8, 4) is 5.88 Å². The van der Waals surface area contributed by atoms with Crippen LogP contribution in [0.3, 0.4) is 0 Å². The zero-order valence-corrected chi connectivity index (χ0v) is 17.9. The highest BCUT2D eigenvalue weighted by Gasteiger charge is 2.25. The Hall–Kier alpha value is -2.96. The first-order valence-electron chi connectivity index (χ1n) is 11.2. The fraction of sp³-hybridized carbons (Fsp3) is 0.500. The van der Waals surface area contributed by atoms with Crippen LogP contribution >= 0.6 is 0 Å². The molecule has 2 aromatic heterocycles. The number of hydrogen-bond donors (Lipinski definition) is 0. The lowest BCUT2D eigenvalue weighted by Crippen LogP contribution is -2.51. The number of hydrogen-bond acceptors (Lipinski definition) is 5. The number of carbonyl (C=O) groups is 2. The summed E-state index contributed by atoms with van der Waals surface area (Å²) in [6.07, 6.45) is 11.7.